The number of hydrogen-bond acceptors (Lipinski definition) is 3. The molecule has 1 aliphatic heterocycles. The minimum atomic E-state index is 0.0555. The molecule has 0 aliphatic carbocycles. The van der Waals surface area contributed by atoms with Crippen molar-refractivity contribution in [1.29, 1.82) is 0 Å². The largest absolute Gasteiger partial charge is 0.369 e. The maximum absolute atomic E-state index is 11.2. The molecule has 1 saturated heterocycles. The number of amides is 1. The molecule has 0 radical (unpaired) electrons. The van der Waals surface area contributed by atoms with Gasteiger partial charge in [0.25, 0.3) is 0 Å². The van der Waals surface area contributed by atoms with Gasteiger partial charge in [-0.15, -0.1) is 0 Å². The summed E-state index contributed by atoms with van der Waals surface area (Å²) in [5.41, 5.74) is 2.09. The van der Waals surface area contributed by atoms with Crippen LogP contribution in [0.2, 0.25) is 0 Å². The number of rotatable bonds is 3. The maximum atomic E-state index is 11.2. The molecule has 4 heteroatoms. The van der Waals surface area contributed by atoms with Crippen LogP contribution in [0, 0.1) is 0 Å². The van der Waals surface area contributed by atoms with Crippen molar-refractivity contribution in [3.63, 3.8) is 0 Å². The molecular weight excluding hydrogens is 214 g/mol. The minimum Gasteiger partial charge on any atom is -0.369 e. The van der Waals surface area contributed by atoms with E-state index in [4.69, 9.17) is 0 Å². The Balaban J connectivity index is 1.99. The molecule has 0 bridgehead atoms. The maximum Gasteiger partial charge on any atom is 0.224 e. The predicted octanol–water partition coefficient (Wildman–Crippen LogP) is 1.44. The third-order valence-corrected chi connectivity index (χ3v) is 2.95. The van der Waals surface area contributed by atoms with Crippen LogP contribution < -0.4 is 15.5 Å². The normalized spacial score (nSPS) is 15.7. The van der Waals surface area contributed by atoms with Crippen molar-refractivity contribution in [2.45, 2.75) is 13.3 Å². The highest BCUT2D eigenvalue weighted by Gasteiger charge is 2.09. The van der Waals surface area contributed by atoms with E-state index in [1.54, 1.807) is 0 Å². The van der Waals surface area contributed by atoms with E-state index in [9.17, 15) is 4.79 Å². The summed E-state index contributed by atoms with van der Waals surface area (Å²) in [4.78, 5) is 13.6. The van der Waals surface area contributed by atoms with Crippen LogP contribution in [0.1, 0.15) is 13.3 Å². The molecule has 0 spiro atoms. The van der Waals surface area contributed by atoms with Crippen molar-refractivity contribution >= 4 is 17.3 Å². The molecule has 0 atom stereocenters. The van der Waals surface area contributed by atoms with Crippen molar-refractivity contribution in [3.05, 3.63) is 24.3 Å². The molecule has 1 aromatic rings. The number of hydrogen-bond donors (Lipinski definition) is 2. The fourth-order valence-corrected chi connectivity index (χ4v) is 1.93. The van der Waals surface area contributed by atoms with E-state index < -0.39 is 0 Å². The molecule has 17 heavy (non-hydrogen) atoms. The second-order valence-electron chi connectivity index (χ2n) is 4.19. The summed E-state index contributed by atoms with van der Waals surface area (Å²) < 4.78 is 0. The van der Waals surface area contributed by atoms with Crippen LogP contribution in [0.25, 0.3) is 0 Å². The number of nitrogens with zero attached hydrogens (tertiary/aromatic N) is 1. The molecule has 2 N–H and O–H groups in total. The van der Waals surface area contributed by atoms with Crippen LogP contribution in [0.4, 0.5) is 11.4 Å². The first-order chi connectivity index (χ1) is 8.29. The smallest absolute Gasteiger partial charge is 0.224 e. The van der Waals surface area contributed by atoms with E-state index in [1.807, 2.05) is 19.1 Å². The topological polar surface area (TPSA) is 44.4 Å². The Labute approximate surface area is 102 Å². The van der Waals surface area contributed by atoms with Crippen molar-refractivity contribution in [1.82, 2.24) is 5.32 Å². The number of carbonyl (C=O) groups is 1. The molecule has 1 amide bonds. The lowest BCUT2D eigenvalue weighted by Gasteiger charge is -2.29. The van der Waals surface area contributed by atoms with Gasteiger partial charge in [0.1, 0.15) is 0 Å². The van der Waals surface area contributed by atoms with Crippen LogP contribution in [0.15, 0.2) is 24.3 Å². The number of benzene rings is 1. The van der Waals surface area contributed by atoms with Gasteiger partial charge in [-0.3, -0.25) is 4.79 Å². The molecule has 2 rings (SSSR count). The first-order valence-electron chi connectivity index (χ1n) is 6.15. The zero-order valence-corrected chi connectivity index (χ0v) is 10.2. The van der Waals surface area contributed by atoms with Crippen LogP contribution in [-0.2, 0) is 4.79 Å². The molecular formula is C13H19N3O. The van der Waals surface area contributed by atoms with Gasteiger partial charge in [-0.25, -0.2) is 0 Å². The van der Waals surface area contributed by atoms with Crippen LogP contribution in [-0.4, -0.2) is 32.1 Å². The summed E-state index contributed by atoms with van der Waals surface area (Å²) in [6.07, 6.45) is 0.513. The Morgan fingerprint density at radius 3 is 2.53 bits per heavy atom. The van der Waals surface area contributed by atoms with Gasteiger partial charge in [-0.2, -0.15) is 0 Å². The lowest BCUT2D eigenvalue weighted by molar-refractivity contribution is -0.115. The molecule has 1 fully saturated rings. The number of piperazine rings is 1. The van der Waals surface area contributed by atoms with Gasteiger partial charge in [0, 0.05) is 44.0 Å². The Bertz CT molecular complexity index is 369. The molecule has 0 unspecified atom stereocenters. The monoisotopic (exact) mass is 233 g/mol. The summed E-state index contributed by atoms with van der Waals surface area (Å²) in [5.74, 6) is 0.0555. The Morgan fingerprint density at radius 1 is 1.29 bits per heavy atom. The third-order valence-electron chi connectivity index (χ3n) is 2.95. The van der Waals surface area contributed by atoms with Gasteiger partial charge in [-0.05, 0) is 24.3 Å². The summed E-state index contributed by atoms with van der Waals surface area (Å²) in [6, 6.07) is 8.06. The first-order valence-corrected chi connectivity index (χ1v) is 6.15. The highest BCUT2D eigenvalue weighted by molar-refractivity contribution is 5.90. The third kappa shape index (κ3) is 3.20. The van der Waals surface area contributed by atoms with Crippen molar-refractivity contribution in [2.75, 3.05) is 36.4 Å². The summed E-state index contributed by atoms with van der Waals surface area (Å²) in [6.45, 7) is 6.01. The van der Waals surface area contributed by atoms with Crippen LogP contribution in [0.5, 0.6) is 0 Å². The van der Waals surface area contributed by atoms with Gasteiger partial charge in [0.15, 0.2) is 0 Å². The van der Waals surface area contributed by atoms with E-state index in [0.29, 0.717) is 6.42 Å². The van der Waals surface area contributed by atoms with Gasteiger partial charge in [0.05, 0.1) is 0 Å². The van der Waals surface area contributed by atoms with Crippen molar-refractivity contribution < 1.29 is 4.79 Å². The van der Waals surface area contributed by atoms with Crippen LogP contribution >= 0.6 is 0 Å². The van der Waals surface area contributed by atoms with E-state index in [-0.39, 0.29) is 5.91 Å². The van der Waals surface area contributed by atoms with Crippen molar-refractivity contribution in [2.24, 2.45) is 0 Å². The van der Waals surface area contributed by atoms with Gasteiger partial charge in [0.2, 0.25) is 5.91 Å². The van der Waals surface area contributed by atoms with E-state index in [2.05, 4.69) is 27.7 Å². The van der Waals surface area contributed by atoms with Gasteiger partial charge < -0.3 is 15.5 Å². The summed E-state index contributed by atoms with van der Waals surface area (Å²) in [5, 5.41) is 6.18. The zero-order chi connectivity index (χ0) is 12.1. The average Bonchev–Trinajstić information content (AvgIpc) is 2.40. The van der Waals surface area contributed by atoms with Gasteiger partial charge >= 0.3 is 0 Å². The molecule has 1 heterocycles. The minimum absolute atomic E-state index is 0.0555. The fourth-order valence-electron chi connectivity index (χ4n) is 1.93. The Hall–Kier alpha value is -1.55. The highest BCUT2D eigenvalue weighted by atomic mass is 16.1. The second-order valence-corrected chi connectivity index (χ2v) is 4.19. The first kappa shape index (κ1) is 11.9. The quantitative estimate of drug-likeness (QED) is 0.830. The molecule has 92 valence electrons. The van der Waals surface area contributed by atoms with E-state index in [1.165, 1.54) is 5.69 Å². The van der Waals surface area contributed by atoms with E-state index in [0.717, 1.165) is 31.9 Å². The molecule has 4 nitrogen and oxygen atoms in total. The molecule has 1 aliphatic rings. The number of nitrogens with one attached hydrogen (secondary N) is 2. The highest BCUT2D eigenvalue weighted by Crippen LogP contribution is 2.18. The number of carbonyl (C=O) groups excluding carboxylic acids is 1. The summed E-state index contributed by atoms with van der Waals surface area (Å²) >= 11 is 0. The fraction of sp³-hybridized carbons (Fsp3) is 0.462. The lowest BCUT2D eigenvalue weighted by atomic mass is 10.2. The standard InChI is InChI=1S/C13H19N3O/c1-2-13(17)15-11-3-5-12(6-4-11)16-9-7-14-8-10-16/h3-6,14H,2,7-10H2,1H3,(H,15,17). The van der Waals surface area contributed by atoms with E-state index >= 15 is 0 Å². The SMILES string of the molecule is CCC(=O)Nc1ccc(N2CCNCC2)cc1. The van der Waals surface area contributed by atoms with Crippen molar-refractivity contribution in [3.8, 4) is 0 Å². The Kier molecular flexibility index (Phi) is 3.98. The zero-order valence-electron chi connectivity index (χ0n) is 10.2. The Morgan fingerprint density at radius 2 is 1.94 bits per heavy atom. The number of anilines is 2. The molecule has 0 saturated carbocycles. The predicted molar refractivity (Wildman–Crippen MR) is 70.4 cm³/mol. The molecule has 0 aromatic heterocycles. The molecule has 1 aromatic carbocycles. The van der Waals surface area contributed by atoms with Gasteiger partial charge in [-0.1, -0.05) is 6.92 Å². The lowest BCUT2D eigenvalue weighted by Crippen LogP contribution is -2.43. The summed E-state index contributed by atoms with van der Waals surface area (Å²) in [7, 11) is 0. The van der Waals surface area contributed by atoms with Crippen LogP contribution in [0.3, 0.4) is 0 Å². The second kappa shape index (κ2) is 5.68. The average molecular weight is 233 g/mol.